The zero-order chi connectivity index (χ0) is 19.8. The highest BCUT2D eigenvalue weighted by Gasteiger charge is 2.18. The predicted octanol–water partition coefficient (Wildman–Crippen LogP) is 5.36. The third kappa shape index (κ3) is 5.29. The van der Waals surface area contributed by atoms with E-state index in [0.29, 0.717) is 13.0 Å². The van der Waals surface area contributed by atoms with E-state index in [9.17, 15) is 4.79 Å². The van der Waals surface area contributed by atoms with Crippen molar-refractivity contribution in [3.63, 3.8) is 0 Å². The molecule has 3 nitrogen and oxygen atoms in total. The molecule has 3 aromatic carbocycles. The average molecular weight is 394 g/mol. The highest BCUT2D eigenvalue weighted by Crippen LogP contribution is 2.26. The molecule has 0 saturated heterocycles. The number of hydrogen-bond acceptors (Lipinski definition) is 3. The molecule has 0 aliphatic carbocycles. The van der Waals surface area contributed by atoms with Crippen LogP contribution < -0.4 is 10.1 Å². The number of carbonyl (C=O) groups is 1. The van der Waals surface area contributed by atoms with Gasteiger partial charge in [0.1, 0.15) is 5.75 Å². The molecule has 0 bridgehead atoms. The smallest absolute Gasteiger partial charge is 0.261 e. The number of ether oxygens (including phenoxy) is 1. The molecule has 0 heterocycles. The molecule has 3 rings (SSSR count). The zero-order valence-electron chi connectivity index (χ0n) is 16.5. The van der Waals surface area contributed by atoms with Crippen LogP contribution in [-0.2, 0) is 10.5 Å². The van der Waals surface area contributed by atoms with Crippen LogP contribution in [0.15, 0.2) is 66.7 Å². The quantitative estimate of drug-likeness (QED) is 0.498. The summed E-state index contributed by atoms with van der Waals surface area (Å²) in [6, 6.07) is 22.4. The first-order chi connectivity index (χ1) is 13.7. The Labute approximate surface area is 171 Å². The zero-order valence-corrected chi connectivity index (χ0v) is 17.3. The van der Waals surface area contributed by atoms with Crippen molar-refractivity contribution in [3.8, 4) is 5.75 Å². The van der Waals surface area contributed by atoms with Crippen LogP contribution in [0, 0.1) is 6.92 Å². The molecule has 1 N–H and O–H groups in total. The van der Waals surface area contributed by atoms with Gasteiger partial charge < -0.3 is 10.1 Å². The molecule has 0 aromatic heterocycles. The Hall–Kier alpha value is -2.46. The largest absolute Gasteiger partial charge is 0.480 e. The molecule has 4 heteroatoms. The second-order valence-electron chi connectivity index (χ2n) is 6.76. The Morgan fingerprint density at radius 3 is 2.61 bits per heavy atom. The van der Waals surface area contributed by atoms with Crippen molar-refractivity contribution in [2.24, 2.45) is 0 Å². The second kappa shape index (κ2) is 10.2. The molecule has 3 aromatic rings. The SMILES string of the molecule is CC[C@@H](Oc1cccc2ccccc12)C(=O)NCCSCc1ccccc1C. The first kappa shape index (κ1) is 20.3. The second-order valence-corrected chi connectivity index (χ2v) is 7.87. The topological polar surface area (TPSA) is 38.3 Å². The van der Waals surface area contributed by atoms with Crippen molar-refractivity contribution >= 4 is 28.4 Å². The number of aryl methyl sites for hydroxylation is 1. The van der Waals surface area contributed by atoms with E-state index in [1.54, 1.807) is 0 Å². The third-order valence-corrected chi connectivity index (χ3v) is 5.75. The summed E-state index contributed by atoms with van der Waals surface area (Å²) < 4.78 is 6.06. The Morgan fingerprint density at radius 1 is 1.04 bits per heavy atom. The number of fused-ring (bicyclic) bond motifs is 1. The maximum Gasteiger partial charge on any atom is 0.261 e. The minimum absolute atomic E-state index is 0.0491. The summed E-state index contributed by atoms with van der Waals surface area (Å²) in [6.45, 7) is 4.75. The Morgan fingerprint density at radius 2 is 1.79 bits per heavy atom. The van der Waals surface area contributed by atoms with Gasteiger partial charge in [0.25, 0.3) is 5.91 Å². The molecule has 0 aliphatic rings. The molecule has 1 atom stereocenters. The molecule has 0 unspecified atom stereocenters. The summed E-state index contributed by atoms with van der Waals surface area (Å²) in [5, 5.41) is 5.16. The molecule has 0 aliphatic heterocycles. The van der Waals surface area contributed by atoms with Crippen molar-refractivity contribution < 1.29 is 9.53 Å². The van der Waals surface area contributed by atoms with E-state index in [2.05, 4.69) is 48.6 Å². The molecular weight excluding hydrogens is 366 g/mol. The molecule has 0 fully saturated rings. The summed E-state index contributed by atoms with van der Waals surface area (Å²) in [6.07, 6.45) is 0.151. The van der Waals surface area contributed by atoms with Crippen LogP contribution in [0.3, 0.4) is 0 Å². The maximum absolute atomic E-state index is 12.6. The summed E-state index contributed by atoms with van der Waals surface area (Å²) in [4.78, 5) is 12.6. The Bertz CT molecular complexity index is 920. The molecule has 28 heavy (non-hydrogen) atoms. The summed E-state index contributed by atoms with van der Waals surface area (Å²) in [7, 11) is 0. The molecule has 0 saturated carbocycles. The fourth-order valence-corrected chi connectivity index (χ4v) is 4.02. The molecule has 1 amide bonds. The van der Waals surface area contributed by atoms with E-state index >= 15 is 0 Å². The minimum atomic E-state index is -0.479. The number of rotatable bonds is 9. The third-order valence-electron chi connectivity index (χ3n) is 4.75. The first-order valence-electron chi connectivity index (χ1n) is 9.73. The van der Waals surface area contributed by atoms with Gasteiger partial charge in [0.05, 0.1) is 0 Å². The lowest BCUT2D eigenvalue weighted by Crippen LogP contribution is -2.39. The number of hydrogen-bond donors (Lipinski definition) is 1. The average Bonchev–Trinajstić information content (AvgIpc) is 2.73. The number of benzene rings is 3. The van der Waals surface area contributed by atoms with E-state index in [1.807, 2.05) is 49.0 Å². The molecular formula is C24H27NO2S. The van der Waals surface area contributed by atoms with E-state index in [1.165, 1.54) is 11.1 Å². The van der Waals surface area contributed by atoms with Crippen LogP contribution >= 0.6 is 11.8 Å². The summed E-state index contributed by atoms with van der Waals surface area (Å²) in [5.41, 5.74) is 2.66. The van der Waals surface area contributed by atoms with Crippen LogP contribution in [0.5, 0.6) is 5.75 Å². The Kier molecular flexibility index (Phi) is 7.38. The van der Waals surface area contributed by atoms with Crippen molar-refractivity contribution in [2.45, 2.75) is 32.1 Å². The van der Waals surface area contributed by atoms with Crippen molar-refractivity contribution in [1.82, 2.24) is 5.32 Å². The highest BCUT2D eigenvalue weighted by atomic mass is 32.2. The van der Waals surface area contributed by atoms with Gasteiger partial charge in [-0.05, 0) is 35.9 Å². The van der Waals surface area contributed by atoms with Crippen LogP contribution in [0.4, 0.5) is 0 Å². The molecule has 0 radical (unpaired) electrons. The molecule has 0 spiro atoms. The molecule has 146 valence electrons. The number of amides is 1. The van der Waals surface area contributed by atoms with Crippen LogP contribution in [0.2, 0.25) is 0 Å². The number of carbonyl (C=O) groups excluding carboxylic acids is 1. The van der Waals surface area contributed by atoms with E-state index < -0.39 is 6.10 Å². The lowest BCUT2D eigenvalue weighted by molar-refractivity contribution is -0.127. The fourth-order valence-electron chi connectivity index (χ4n) is 3.09. The van der Waals surface area contributed by atoms with E-state index in [-0.39, 0.29) is 5.91 Å². The van der Waals surface area contributed by atoms with Gasteiger partial charge in [0.15, 0.2) is 6.10 Å². The van der Waals surface area contributed by atoms with Gasteiger partial charge in [-0.15, -0.1) is 0 Å². The number of thioether (sulfide) groups is 1. The van der Waals surface area contributed by atoms with Gasteiger partial charge in [0.2, 0.25) is 0 Å². The van der Waals surface area contributed by atoms with Crippen molar-refractivity contribution in [1.29, 1.82) is 0 Å². The maximum atomic E-state index is 12.6. The normalized spacial score (nSPS) is 11.9. The summed E-state index contributed by atoms with van der Waals surface area (Å²) >= 11 is 1.83. The Balaban J connectivity index is 1.49. The first-order valence-corrected chi connectivity index (χ1v) is 10.9. The van der Waals surface area contributed by atoms with Gasteiger partial charge in [-0.25, -0.2) is 0 Å². The lowest BCUT2D eigenvalue weighted by atomic mass is 10.1. The van der Waals surface area contributed by atoms with Gasteiger partial charge in [0, 0.05) is 23.4 Å². The fraction of sp³-hybridized carbons (Fsp3) is 0.292. The predicted molar refractivity (Wildman–Crippen MR) is 119 cm³/mol. The minimum Gasteiger partial charge on any atom is -0.480 e. The van der Waals surface area contributed by atoms with Gasteiger partial charge >= 0.3 is 0 Å². The van der Waals surface area contributed by atoms with Gasteiger partial charge in [-0.3, -0.25) is 4.79 Å². The van der Waals surface area contributed by atoms with Gasteiger partial charge in [-0.2, -0.15) is 11.8 Å². The van der Waals surface area contributed by atoms with Crippen LogP contribution in [-0.4, -0.2) is 24.3 Å². The van der Waals surface area contributed by atoms with Crippen LogP contribution in [0.1, 0.15) is 24.5 Å². The van der Waals surface area contributed by atoms with Gasteiger partial charge in [-0.1, -0.05) is 67.6 Å². The van der Waals surface area contributed by atoms with E-state index in [0.717, 1.165) is 28.0 Å². The number of nitrogens with one attached hydrogen (secondary N) is 1. The highest BCUT2D eigenvalue weighted by molar-refractivity contribution is 7.98. The standard InChI is InChI=1S/C24H27NO2S/c1-3-22(27-23-14-8-12-19-10-6-7-13-21(19)23)24(26)25-15-16-28-17-20-11-5-4-9-18(20)2/h4-14,22H,3,15-17H2,1-2H3,(H,25,26)/t22-/m1/s1. The van der Waals surface area contributed by atoms with Crippen molar-refractivity contribution in [2.75, 3.05) is 12.3 Å². The van der Waals surface area contributed by atoms with Crippen LogP contribution in [0.25, 0.3) is 10.8 Å². The monoisotopic (exact) mass is 393 g/mol. The lowest BCUT2D eigenvalue weighted by Gasteiger charge is -2.18. The summed E-state index contributed by atoms with van der Waals surface area (Å²) in [5.74, 6) is 2.55. The van der Waals surface area contributed by atoms with E-state index in [4.69, 9.17) is 4.74 Å². The van der Waals surface area contributed by atoms with Crippen molar-refractivity contribution in [3.05, 3.63) is 77.9 Å².